The molecule has 0 saturated heterocycles. The van der Waals surface area contributed by atoms with Gasteiger partial charge in [-0.25, -0.2) is 0 Å². The molecule has 0 radical (unpaired) electrons. The van der Waals surface area contributed by atoms with Crippen LogP contribution >= 0.6 is 0 Å². The molecule has 1 heteroatoms. The molecule has 3 rings (SSSR count). The molecule has 2 saturated carbocycles. The molecule has 0 heterocycles. The third kappa shape index (κ3) is 4.10. The van der Waals surface area contributed by atoms with Crippen LogP contribution in [0, 0.1) is 17.8 Å². The average Bonchev–Trinajstić information content (AvgIpc) is 3.13. The van der Waals surface area contributed by atoms with Crippen LogP contribution in [0.1, 0.15) is 57.4 Å². The first-order chi connectivity index (χ1) is 10.3. The van der Waals surface area contributed by atoms with Crippen molar-refractivity contribution in [2.24, 2.45) is 17.8 Å². The Hall–Kier alpha value is -0.820. The molecule has 0 aromatic heterocycles. The van der Waals surface area contributed by atoms with E-state index in [-0.39, 0.29) is 0 Å². The van der Waals surface area contributed by atoms with Crippen LogP contribution in [0.25, 0.3) is 0 Å². The molecule has 116 valence electrons. The number of hydrogen-bond acceptors (Lipinski definition) is 1. The molecule has 21 heavy (non-hydrogen) atoms. The maximum absolute atomic E-state index is 3.83. The van der Waals surface area contributed by atoms with Crippen molar-refractivity contribution in [2.75, 3.05) is 6.54 Å². The second-order valence-corrected chi connectivity index (χ2v) is 7.35. The smallest absolute Gasteiger partial charge is 0.00729 e. The largest absolute Gasteiger partial charge is 0.314 e. The summed E-state index contributed by atoms with van der Waals surface area (Å²) in [6.45, 7) is 3.46. The van der Waals surface area contributed by atoms with Gasteiger partial charge in [-0.15, -0.1) is 0 Å². The minimum absolute atomic E-state index is 0.731. The molecule has 0 spiro atoms. The van der Waals surface area contributed by atoms with Crippen molar-refractivity contribution >= 4 is 0 Å². The zero-order valence-electron chi connectivity index (χ0n) is 13.6. The Balaban J connectivity index is 1.51. The second kappa shape index (κ2) is 7.45. The third-order valence-corrected chi connectivity index (χ3v) is 5.78. The van der Waals surface area contributed by atoms with E-state index in [2.05, 4.69) is 42.6 Å². The fourth-order valence-corrected chi connectivity index (χ4v) is 4.67. The van der Waals surface area contributed by atoms with E-state index in [9.17, 15) is 0 Å². The summed E-state index contributed by atoms with van der Waals surface area (Å²) in [7, 11) is 0. The molecule has 0 amide bonds. The average molecular weight is 285 g/mol. The van der Waals surface area contributed by atoms with Crippen molar-refractivity contribution in [3.63, 3.8) is 0 Å². The molecule has 2 bridgehead atoms. The number of nitrogens with one attached hydrogen (secondary N) is 1. The van der Waals surface area contributed by atoms with E-state index in [4.69, 9.17) is 0 Å². The Labute approximate surface area is 130 Å². The van der Waals surface area contributed by atoms with E-state index in [0.717, 1.165) is 23.8 Å². The van der Waals surface area contributed by atoms with Crippen LogP contribution in [-0.2, 0) is 6.42 Å². The monoisotopic (exact) mass is 285 g/mol. The van der Waals surface area contributed by atoms with Crippen LogP contribution in [0.15, 0.2) is 30.3 Å². The Morgan fingerprint density at radius 1 is 1.14 bits per heavy atom. The van der Waals surface area contributed by atoms with Crippen LogP contribution in [0.4, 0.5) is 0 Å². The molecule has 1 nitrogen and oxygen atoms in total. The van der Waals surface area contributed by atoms with Crippen LogP contribution in [0.2, 0.25) is 0 Å². The lowest BCUT2D eigenvalue weighted by molar-refractivity contribution is 0.271. The highest BCUT2D eigenvalue weighted by Gasteiger charge is 2.39. The van der Waals surface area contributed by atoms with Crippen LogP contribution in [0.5, 0.6) is 0 Å². The molecule has 1 aromatic rings. The predicted molar refractivity (Wildman–Crippen MR) is 90.4 cm³/mol. The maximum atomic E-state index is 3.83. The zero-order valence-corrected chi connectivity index (χ0v) is 13.6. The van der Waals surface area contributed by atoms with Gasteiger partial charge in [-0.2, -0.15) is 0 Å². The summed E-state index contributed by atoms with van der Waals surface area (Å²) in [5.74, 6) is 3.17. The molecule has 2 fully saturated rings. The quantitative estimate of drug-likeness (QED) is 0.722. The van der Waals surface area contributed by atoms with Crippen LogP contribution in [-0.4, -0.2) is 12.6 Å². The normalized spacial score (nSPS) is 28.9. The molecule has 0 aliphatic heterocycles. The SMILES string of the molecule is CCCNC(CCc1ccccc1)CC1CC2CCC1C2. The summed E-state index contributed by atoms with van der Waals surface area (Å²) >= 11 is 0. The van der Waals surface area contributed by atoms with Gasteiger partial charge in [-0.05, 0) is 74.8 Å². The summed E-state index contributed by atoms with van der Waals surface area (Å²) in [4.78, 5) is 0. The summed E-state index contributed by atoms with van der Waals surface area (Å²) in [5.41, 5.74) is 1.49. The summed E-state index contributed by atoms with van der Waals surface area (Å²) in [5, 5.41) is 3.83. The van der Waals surface area contributed by atoms with Crippen LogP contribution in [0.3, 0.4) is 0 Å². The first-order valence-electron chi connectivity index (χ1n) is 9.12. The van der Waals surface area contributed by atoms with Crippen molar-refractivity contribution in [3.8, 4) is 0 Å². The number of aryl methyl sites for hydroxylation is 1. The van der Waals surface area contributed by atoms with Crippen molar-refractivity contribution in [1.29, 1.82) is 0 Å². The number of benzene rings is 1. The molecule has 1 N–H and O–H groups in total. The van der Waals surface area contributed by atoms with Gasteiger partial charge in [-0.1, -0.05) is 43.7 Å². The van der Waals surface area contributed by atoms with E-state index < -0.39 is 0 Å². The molecule has 2 aliphatic carbocycles. The van der Waals surface area contributed by atoms with E-state index >= 15 is 0 Å². The first kappa shape index (κ1) is 15.1. The lowest BCUT2D eigenvalue weighted by Crippen LogP contribution is -2.33. The van der Waals surface area contributed by atoms with Crippen molar-refractivity contribution < 1.29 is 0 Å². The topological polar surface area (TPSA) is 12.0 Å². The molecule has 2 aliphatic rings. The molecular weight excluding hydrogens is 254 g/mol. The Kier molecular flexibility index (Phi) is 5.35. The minimum Gasteiger partial charge on any atom is -0.314 e. The number of rotatable bonds is 8. The third-order valence-electron chi connectivity index (χ3n) is 5.78. The highest BCUT2D eigenvalue weighted by Crippen LogP contribution is 2.50. The summed E-state index contributed by atoms with van der Waals surface area (Å²) in [6, 6.07) is 11.7. The molecule has 4 unspecified atom stereocenters. The first-order valence-corrected chi connectivity index (χ1v) is 9.12. The minimum atomic E-state index is 0.731. The summed E-state index contributed by atoms with van der Waals surface area (Å²) < 4.78 is 0. The molecule has 1 aromatic carbocycles. The van der Waals surface area contributed by atoms with Crippen LogP contribution < -0.4 is 5.32 Å². The van der Waals surface area contributed by atoms with Gasteiger partial charge in [0.1, 0.15) is 0 Å². The van der Waals surface area contributed by atoms with Gasteiger partial charge in [0, 0.05) is 6.04 Å². The van der Waals surface area contributed by atoms with Crippen molar-refractivity contribution in [3.05, 3.63) is 35.9 Å². The molecular formula is C20H31N. The lowest BCUT2D eigenvalue weighted by Gasteiger charge is -2.27. The van der Waals surface area contributed by atoms with Gasteiger partial charge in [0.25, 0.3) is 0 Å². The van der Waals surface area contributed by atoms with Gasteiger partial charge in [0.05, 0.1) is 0 Å². The highest BCUT2D eigenvalue weighted by molar-refractivity contribution is 5.14. The van der Waals surface area contributed by atoms with E-state index in [1.54, 1.807) is 6.42 Å². The van der Waals surface area contributed by atoms with Gasteiger partial charge in [0.2, 0.25) is 0 Å². The number of hydrogen-bond donors (Lipinski definition) is 1. The molecule has 4 atom stereocenters. The summed E-state index contributed by atoms with van der Waals surface area (Å²) in [6.07, 6.45) is 11.3. The van der Waals surface area contributed by atoms with Gasteiger partial charge in [0.15, 0.2) is 0 Å². The van der Waals surface area contributed by atoms with E-state index in [1.807, 2.05) is 0 Å². The second-order valence-electron chi connectivity index (χ2n) is 7.35. The Morgan fingerprint density at radius 3 is 2.67 bits per heavy atom. The number of fused-ring (bicyclic) bond motifs is 2. The maximum Gasteiger partial charge on any atom is 0.00729 e. The van der Waals surface area contributed by atoms with Crippen molar-refractivity contribution in [1.82, 2.24) is 5.32 Å². The zero-order chi connectivity index (χ0) is 14.5. The highest BCUT2D eigenvalue weighted by atomic mass is 14.9. The van der Waals surface area contributed by atoms with Gasteiger partial charge in [-0.3, -0.25) is 0 Å². The van der Waals surface area contributed by atoms with Crippen molar-refractivity contribution in [2.45, 2.75) is 64.3 Å². The Morgan fingerprint density at radius 2 is 2.00 bits per heavy atom. The van der Waals surface area contributed by atoms with Gasteiger partial charge >= 0.3 is 0 Å². The predicted octanol–water partition coefficient (Wildman–Crippen LogP) is 4.81. The Bertz CT molecular complexity index is 413. The van der Waals surface area contributed by atoms with E-state index in [1.165, 1.54) is 57.1 Å². The standard InChI is InChI=1S/C20H31N/c1-2-12-21-20(11-9-16-6-4-3-5-7-16)15-19-14-17-8-10-18(19)13-17/h3-7,17-21H,2,8-15H2,1H3. The van der Waals surface area contributed by atoms with Gasteiger partial charge < -0.3 is 5.32 Å². The fraction of sp³-hybridized carbons (Fsp3) is 0.700. The van der Waals surface area contributed by atoms with E-state index in [0.29, 0.717) is 0 Å². The fourth-order valence-electron chi connectivity index (χ4n) is 4.67. The lowest BCUT2D eigenvalue weighted by atomic mass is 9.83.